The van der Waals surface area contributed by atoms with Gasteiger partial charge >= 0.3 is 9.28 Å². The minimum Gasteiger partial charge on any atom is -0.400 e. The van der Waals surface area contributed by atoms with Crippen LogP contribution in [-0.4, -0.2) is 23.5 Å². The van der Waals surface area contributed by atoms with Crippen molar-refractivity contribution in [2.45, 2.75) is 6.04 Å². The molecule has 0 rings (SSSR count). The van der Waals surface area contributed by atoms with Crippen LogP contribution in [0.1, 0.15) is 0 Å². The number of hydrogen-bond donors (Lipinski definition) is 0. The molecule has 0 aromatic carbocycles. The Kier molecular flexibility index (Phi) is 6.11. The van der Waals surface area contributed by atoms with Crippen LogP contribution in [0.3, 0.4) is 0 Å². The Morgan fingerprint density at radius 3 is 2.00 bits per heavy atom. The average molecular weight is 172 g/mol. The van der Waals surface area contributed by atoms with Crippen molar-refractivity contribution in [1.29, 1.82) is 0 Å². The van der Waals surface area contributed by atoms with Crippen molar-refractivity contribution in [3.05, 3.63) is 25.3 Å². The Morgan fingerprint density at radius 2 is 1.73 bits per heavy atom. The molecule has 0 fully saturated rings. The summed E-state index contributed by atoms with van der Waals surface area (Å²) in [6.07, 6.45) is 3.73. The summed E-state index contributed by atoms with van der Waals surface area (Å²) in [6, 6.07) is 0.917. The second kappa shape index (κ2) is 6.33. The summed E-state index contributed by atoms with van der Waals surface area (Å²) in [5.74, 6) is 0.326. The van der Waals surface area contributed by atoms with Gasteiger partial charge in [0.15, 0.2) is 0 Å². The Balaban J connectivity index is 3.76. The van der Waals surface area contributed by atoms with Gasteiger partial charge in [-0.3, -0.25) is 0 Å². The monoisotopic (exact) mass is 172 g/mol. The molecular formula is C8H16O2Si. The molecule has 0 aliphatic heterocycles. The molecule has 0 spiro atoms. The van der Waals surface area contributed by atoms with Crippen LogP contribution in [-0.2, 0) is 8.85 Å². The van der Waals surface area contributed by atoms with Gasteiger partial charge in [-0.25, -0.2) is 0 Å². The van der Waals surface area contributed by atoms with E-state index in [2.05, 4.69) is 13.2 Å². The van der Waals surface area contributed by atoms with Gasteiger partial charge in [0.05, 0.1) is 0 Å². The highest BCUT2D eigenvalue weighted by Crippen LogP contribution is 2.10. The highest BCUT2D eigenvalue weighted by Gasteiger charge is 2.12. The van der Waals surface area contributed by atoms with Crippen molar-refractivity contribution in [1.82, 2.24) is 0 Å². The zero-order valence-corrected chi connectivity index (χ0v) is 8.40. The molecule has 0 radical (unpaired) electrons. The molecule has 0 atom stereocenters. The fraction of sp³-hybridized carbons (Fsp3) is 0.500. The molecule has 0 unspecified atom stereocenters. The predicted octanol–water partition coefficient (Wildman–Crippen LogP) is 1.49. The van der Waals surface area contributed by atoms with Crippen LogP contribution >= 0.6 is 0 Å². The number of allylic oxidation sites excluding steroid dienone is 2. The van der Waals surface area contributed by atoms with Gasteiger partial charge in [-0.2, -0.15) is 0 Å². The van der Waals surface area contributed by atoms with Crippen LogP contribution < -0.4 is 0 Å². The predicted molar refractivity (Wildman–Crippen MR) is 49.9 cm³/mol. The Bertz CT molecular complexity index is 113. The average Bonchev–Trinajstić information content (AvgIpc) is 2.07. The molecule has 0 heterocycles. The zero-order valence-electron chi connectivity index (χ0n) is 7.25. The van der Waals surface area contributed by atoms with E-state index in [4.69, 9.17) is 8.85 Å². The Hall–Kier alpha value is -0.383. The van der Waals surface area contributed by atoms with Gasteiger partial charge in [0.2, 0.25) is 0 Å². The maximum absolute atomic E-state index is 5.15. The van der Waals surface area contributed by atoms with E-state index in [-0.39, 0.29) is 0 Å². The summed E-state index contributed by atoms with van der Waals surface area (Å²) >= 11 is 0. The van der Waals surface area contributed by atoms with Crippen LogP contribution in [0.4, 0.5) is 0 Å². The van der Waals surface area contributed by atoms with E-state index in [1.807, 2.05) is 12.2 Å². The first kappa shape index (κ1) is 10.6. The van der Waals surface area contributed by atoms with Crippen LogP contribution in [0.5, 0.6) is 0 Å². The van der Waals surface area contributed by atoms with E-state index >= 15 is 0 Å². The molecule has 0 bridgehead atoms. The lowest BCUT2D eigenvalue weighted by molar-refractivity contribution is 0.275. The second-order valence-corrected chi connectivity index (χ2v) is 4.55. The van der Waals surface area contributed by atoms with Gasteiger partial charge in [-0.1, -0.05) is 12.2 Å². The van der Waals surface area contributed by atoms with Crippen molar-refractivity contribution in [2.24, 2.45) is 5.92 Å². The van der Waals surface area contributed by atoms with Crippen LogP contribution in [0, 0.1) is 5.92 Å². The van der Waals surface area contributed by atoms with Gasteiger partial charge in [0.1, 0.15) is 0 Å². The largest absolute Gasteiger partial charge is 0.400 e. The number of rotatable bonds is 6. The van der Waals surface area contributed by atoms with E-state index in [0.29, 0.717) is 5.92 Å². The summed E-state index contributed by atoms with van der Waals surface area (Å²) in [4.78, 5) is 0. The maximum Gasteiger partial charge on any atom is 0.321 e. The molecule has 0 saturated heterocycles. The lowest BCUT2D eigenvalue weighted by Gasteiger charge is -2.13. The standard InChI is InChI=1S/C8H16O2Si/c1-5-8(6-2)7-11(9-3)10-4/h5-6,8,11H,1-2,7H2,3-4H3. The van der Waals surface area contributed by atoms with Gasteiger partial charge in [-0.15, -0.1) is 13.2 Å². The zero-order chi connectivity index (χ0) is 8.69. The molecule has 64 valence electrons. The summed E-state index contributed by atoms with van der Waals surface area (Å²) in [5.41, 5.74) is 0. The van der Waals surface area contributed by atoms with Crippen molar-refractivity contribution in [3.8, 4) is 0 Å². The summed E-state index contributed by atoms with van der Waals surface area (Å²) < 4.78 is 10.3. The first-order valence-electron chi connectivity index (χ1n) is 3.59. The first-order chi connectivity index (χ1) is 5.28. The highest BCUT2D eigenvalue weighted by atomic mass is 28.3. The molecule has 0 aromatic rings. The normalized spacial score (nSPS) is 10.5. The topological polar surface area (TPSA) is 18.5 Å². The molecule has 3 heteroatoms. The molecule has 0 saturated carbocycles. The minimum atomic E-state index is -1.43. The smallest absolute Gasteiger partial charge is 0.321 e. The first-order valence-corrected chi connectivity index (χ1v) is 5.35. The van der Waals surface area contributed by atoms with Crippen LogP contribution in [0.25, 0.3) is 0 Å². The quantitative estimate of drug-likeness (QED) is 0.446. The third-order valence-corrected chi connectivity index (χ3v) is 3.58. The van der Waals surface area contributed by atoms with E-state index in [1.54, 1.807) is 14.2 Å². The highest BCUT2D eigenvalue weighted by molar-refractivity contribution is 6.44. The molecule has 0 amide bonds. The van der Waals surface area contributed by atoms with Gasteiger partial charge in [0, 0.05) is 14.2 Å². The van der Waals surface area contributed by atoms with Crippen molar-refractivity contribution < 1.29 is 8.85 Å². The summed E-state index contributed by atoms with van der Waals surface area (Å²) in [7, 11) is 1.94. The Morgan fingerprint density at radius 1 is 1.27 bits per heavy atom. The maximum atomic E-state index is 5.15. The van der Waals surface area contributed by atoms with Gasteiger partial charge < -0.3 is 8.85 Å². The minimum absolute atomic E-state index is 0.326. The lowest BCUT2D eigenvalue weighted by atomic mass is 10.2. The molecular weight excluding hydrogens is 156 g/mol. The summed E-state index contributed by atoms with van der Waals surface area (Å²) in [6.45, 7) is 7.39. The fourth-order valence-electron chi connectivity index (χ4n) is 0.800. The number of hydrogen-bond acceptors (Lipinski definition) is 2. The van der Waals surface area contributed by atoms with E-state index in [9.17, 15) is 0 Å². The van der Waals surface area contributed by atoms with Crippen LogP contribution in [0.15, 0.2) is 25.3 Å². The van der Waals surface area contributed by atoms with Crippen molar-refractivity contribution in [2.75, 3.05) is 14.2 Å². The Labute approximate surface area is 70.4 Å². The van der Waals surface area contributed by atoms with Crippen molar-refractivity contribution >= 4 is 9.28 Å². The SMILES string of the molecule is C=CC(C=C)C[SiH](OC)OC. The fourth-order valence-corrected chi connectivity index (χ4v) is 2.21. The van der Waals surface area contributed by atoms with E-state index < -0.39 is 9.28 Å². The molecule has 0 N–H and O–H groups in total. The summed E-state index contributed by atoms with van der Waals surface area (Å²) in [5, 5.41) is 0. The third-order valence-electron chi connectivity index (χ3n) is 1.60. The molecule has 0 aliphatic rings. The van der Waals surface area contributed by atoms with E-state index in [0.717, 1.165) is 6.04 Å². The molecule has 2 nitrogen and oxygen atoms in total. The third kappa shape index (κ3) is 4.13. The molecule has 0 aromatic heterocycles. The lowest BCUT2D eigenvalue weighted by Crippen LogP contribution is -2.21. The van der Waals surface area contributed by atoms with Crippen LogP contribution in [0.2, 0.25) is 6.04 Å². The van der Waals surface area contributed by atoms with Gasteiger partial charge in [-0.05, 0) is 12.0 Å². The molecule has 0 aliphatic carbocycles. The van der Waals surface area contributed by atoms with Gasteiger partial charge in [0.25, 0.3) is 0 Å². The van der Waals surface area contributed by atoms with Crippen molar-refractivity contribution in [3.63, 3.8) is 0 Å². The second-order valence-electron chi connectivity index (χ2n) is 2.27. The molecule has 11 heavy (non-hydrogen) atoms. The van der Waals surface area contributed by atoms with E-state index in [1.165, 1.54) is 0 Å².